The molecule has 0 radical (unpaired) electrons. The van der Waals surface area contributed by atoms with Gasteiger partial charge in [-0.2, -0.15) is 0 Å². The Kier molecular flexibility index (Phi) is 5.14. The van der Waals surface area contributed by atoms with E-state index in [1.165, 1.54) is 0 Å². The summed E-state index contributed by atoms with van der Waals surface area (Å²) in [6, 6.07) is -0.0685. The molecule has 1 saturated heterocycles. The zero-order valence-corrected chi connectivity index (χ0v) is 11.8. The van der Waals surface area contributed by atoms with E-state index in [2.05, 4.69) is 5.32 Å². The molecule has 0 aromatic rings. The molecule has 1 aliphatic rings. The summed E-state index contributed by atoms with van der Waals surface area (Å²) in [5.74, 6) is -0.0686. The molecule has 1 rings (SSSR count). The van der Waals surface area contributed by atoms with Crippen molar-refractivity contribution in [2.24, 2.45) is 0 Å². The Hall–Kier alpha value is -1.10. The molecular formula is C13H24N2O3. The molecule has 0 bridgehead atoms. The smallest absolute Gasteiger partial charge is 0.249 e. The van der Waals surface area contributed by atoms with E-state index in [-0.39, 0.29) is 24.4 Å². The van der Waals surface area contributed by atoms with Crippen molar-refractivity contribution in [2.45, 2.75) is 52.1 Å². The van der Waals surface area contributed by atoms with Gasteiger partial charge in [0.25, 0.3) is 0 Å². The van der Waals surface area contributed by atoms with Crippen LogP contribution in [0.3, 0.4) is 0 Å². The van der Waals surface area contributed by atoms with E-state index in [1.54, 1.807) is 4.90 Å². The SMILES string of the molecule is CCOCC(C)N1CC(=O)NC(CC)(CC)C1=O. The molecule has 0 aromatic heterocycles. The first-order valence-corrected chi connectivity index (χ1v) is 6.70. The van der Waals surface area contributed by atoms with Crippen LogP contribution in [0.1, 0.15) is 40.5 Å². The molecule has 5 heteroatoms. The van der Waals surface area contributed by atoms with Gasteiger partial charge < -0.3 is 15.0 Å². The number of ether oxygens (including phenoxy) is 1. The molecule has 1 fully saturated rings. The average molecular weight is 256 g/mol. The number of piperazine rings is 1. The molecule has 1 heterocycles. The van der Waals surface area contributed by atoms with Crippen LogP contribution in [0.15, 0.2) is 0 Å². The summed E-state index contributed by atoms with van der Waals surface area (Å²) >= 11 is 0. The van der Waals surface area contributed by atoms with Gasteiger partial charge in [-0.1, -0.05) is 13.8 Å². The number of carbonyl (C=O) groups excluding carboxylic acids is 2. The monoisotopic (exact) mass is 256 g/mol. The molecule has 0 saturated carbocycles. The normalized spacial score (nSPS) is 20.8. The van der Waals surface area contributed by atoms with Crippen LogP contribution in [0, 0.1) is 0 Å². The second-order valence-electron chi connectivity index (χ2n) is 4.78. The van der Waals surface area contributed by atoms with Crippen molar-refractivity contribution < 1.29 is 14.3 Å². The minimum atomic E-state index is -0.726. The van der Waals surface area contributed by atoms with Crippen molar-refractivity contribution in [1.29, 1.82) is 0 Å². The lowest BCUT2D eigenvalue weighted by Crippen LogP contribution is -2.68. The molecule has 18 heavy (non-hydrogen) atoms. The fourth-order valence-electron chi connectivity index (χ4n) is 2.32. The third-order valence-electron chi connectivity index (χ3n) is 3.67. The van der Waals surface area contributed by atoms with E-state index in [1.807, 2.05) is 27.7 Å². The Morgan fingerprint density at radius 1 is 1.33 bits per heavy atom. The molecule has 0 aliphatic carbocycles. The van der Waals surface area contributed by atoms with Crippen molar-refractivity contribution in [3.05, 3.63) is 0 Å². The largest absolute Gasteiger partial charge is 0.380 e. The van der Waals surface area contributed by atoms with Gasteiger partial charge in [0.1, 0.15) is 5.54 Å². The zero-order valence-electron chi connectivity index (χ0n) is 11.8. The number of hydrogen-bond acceptors (Lipinski definition) is 3. The van der Waals surface area contributed by atoms with E-state index in [0.29, 0.717) is 26.1 Å². The third kappa shape index (κ3) is 2.83. The zero-order chi connectivity index (χ0) is 13.8. The fraction of sp³-hybridized carbons (Fsp3) is 0.846. The van der Waals surface area contributed by atoms with Crippen molar-refractivity contribution >= 4 is 11.8 Å². The molecule has 2 amide bonds. The van der Waals surface area contributed by atoms with E-state index >= 15 is 0 Å². The van der Waals surface area contributed by atoms with Crippen LogP contribution in [0.25, 0.3) is 0 Å². The van der Waals surface area contributed by atoms with Crippen LogP contribution in [0.2, 0.25) is 0 Å². The molecule has 0 spiro atoms. The lowest BCUT2D eigenvalue weighted by molar-refractivity contribution is -0.153. The number of nitrogens with one attached hydrogen (secondary N) is 1. The number of nitrogens with zero attached hydrogens (tertiary/aromatic N) is 1. The minimum absolute atomic E-state index is 0.0132. The highest BCUT2D eigenvalue weighted by atomic mass is 16.5. The maximum Gasteiger partial charge on any atom is 0.249 e. The summed E-state index contributed by atoms with van der Waals surface area (Å²) in [6.45, 7) is 8.91. The van der Waals surface area contributed by atoms with Gasteiger partial charge in [0, 0.05) is 6.61 Å². The number of amides is 2. The van der Waals surface area contributed by atoms with Gasteiger partial charge in [0.05, 0.1) is 19.2 Å². The molecule has 104 valence electrons. The predicted molar refractivity (Wildman–Crippen MR) is 69.1 cm³/mol. The first-order chi connectivity index (χ1) is 8.50. The summed E-state index contributed by atoms with van der Waals surface area (Å²) in [5.41, 5.74) is -0.726. The maximum atomic E-state index is 12.5. The van der Waals surface area contributed by atoms with Gasteiger partial charge in [0.15, 0.2) is 0 Å². The van der Waals surface area contributed by atoms with Crippen molar-refractivity contribution in [1.82, 2.24) is 10.2 Å². The van der Waals surface area contributed by atoms with Gasteiger partial charge in [-0.05, 0) is 26.7 Å². The van der Waals surface area contributed by atoms with Crippen LogP contribution in [0.4, 0.5) is 0 Å². The van der Waals surface area contributed by atoms with E-state index in [4.69, 9.17) is 4.74 Å². The molecule has 1 aliphatic heterocycles. The van der Waals surface area contributed by atoms with E-state index < -0.39 is 5.54 Å². The molecule has 0 aromatic carbocycles. The molecule has 1 unspecified atom stereocenters. The maximum absolute atomic E-state index is 12.5. The number of rotatable bonds is 6. The summed E-state index contributed by atoms with van der Waals surface area (Å²) in [4.78, 5) is 25.9. The summed E-state index contributed by atoms with van der Waals surface area (Å²) < 4.78 is 5.34. The highest BCUT2D eigenvalue weighted by Crippen LogP contribution is 2.23. The van der Waals surface area contributed by atoms with E-state index in [0.717, 1.165) is 0 Å². The van der Waals surface area contributed by atoms with Crippen molar-refractivity contribution in [3.63, 3.8) is 0 Å². The fourth-order valence-corrected chi connectivity index (χ4v) is 2.32. The first kappa shape index (κ1) is 15.0. The summed E-state index contributed by atoms with van der Waals surface area (Å²) in [7, 11) is 0. The Bertz CT molecular complexity index is 313. The van der Waals surface area contributed by atoms with Gasteiger partial charge >= 0.3 is 0 Å². The highest BCUT2D eigenvalue weighted by Gasteiger charge is 2.45. The Morgan fingerprint density at radius 2 is 1.94 bits per heavy atom. The standard InChI is InChI=1S/C13H24N2O3/c1-5-13(6-2)12(17)15(8-11(16)14-13)10(4)9-18-7-3/h10H,5-9H2,1-4H3,(H,14,16). The molecular weight excluding hydrogens is 232 g/mol. The average Bonchev–Trinajstić information content (AvgIpc) is 2.38. The van der Waals surface area contributed by atoms with Crippen LogP contribution in [-0.4, -0.2) is 48.1 Å². The predicted octanol–water partition coefficient (Wildman–Crippen LogP) is 0.929. The minimum Gasteiger partial charge on any atom is -0.380 e. The quantitative estimate of drug-likeness (QED) is 0.769. The van der Waals surface area contributed by atoms with Gasteiger partial charge in [-0.15, -0.1) is 0 Å². The Morgan fingerprint density at radius 3 is 2.44 bits per heavy atom. The van der Waals surface area contributed by atoms with Crippen LogP contribution in [0.5, 0.6) is 0 Å². The highest BCUT2D eigenvalue weighted by molar-refractivity contribution is 5.98. The second-order valence-corrected chi connectivity index (χ2v) is 4.78. The van der Waals surface area contributed by atoms with Crippen molar-refractivity contribution in [3.8, 4) is 0 Å². The van der Waals surface area contributed by atoms with Gasteiger partial charge in [-0.3, -0.25) is 9.59 Å². The van der Waals surface area contributed by atoms with E-state index in [9.17, 15) is 9.59 Å². The van der Waals surface area contributed by atoms with Gasteiger partial charge in [0.2, 0.25) is 11.8 Å². The molecule has 1 N–H and O–H groups in total. The third-order valence-corrected chi connectivity index (χ3v) is 3.67. The summed E-state index contributed by atoms with van der Waals surface area (Å²) in [5, 5.41) is 2.85. The van der Waals surface area contributed by atoms with Crippen molar-refractivity contribution in [2.75, 3.05) is 19.8 Å². The Labute approximate surface area is 109 Å². The molecule has 5 nitrogen and oxygen atoms in total. The lowest BCUT2D eigenvalue weighted by Gasteiger charge is -2.43. The topological polar surface area (TPSA) is 58.6 Å². The van der Waals surface area contributed by atoms with Crippen LogP contribution >= 0.6 is 0 Å². The van der Waals surface area contributed by atoms with Crippen LogP contribution < -0.4 is 5.32 Å². The number of carbonyl (C=O) groups is 2. The Balaban J connectivity index is 2.85. The molecule has 1 atom stereocenters. The first-order valence-electron chi connectivity index (χ1n) is 6.70. The van der Waals surface area contributed by atoms with Crippen LogP contribution in [-0.2, 0) is 14.3 Å². The lowest BCUT2D eigenvalue weighted by atomic mass is 9.88. The number of hydrogen-bond donors (Lipinski definition) is 1. The summed E-state index contributed by atoms with van der Waals surface area (Å²) in [6.07, 6.45) is 1.23. The second kappa shape index (κ2) is 6.18. The van der Waals surface area contributed by atoms with Gasteiger partial charge in [-0.25, -0.2) is 0 Å².